The number of methoxy groups -OCH3 is 1. The largest absolute Gasteiger partial charge is 0.497 e. The lowest BCUT2D eigenvalue weighted by molar-refractivity contribution is 0.192. The Morgan fingerprint density at radius 3 is 3.19 bits per heavy atom. The molecule has 0 saturated heterocycles. The predicted molar refractivity (Wildman–Crippen MR) is 83.7 cm³/mol. The maximum atomic E-state index is 12.2. The molecule has 1 N–H and O–H groups in total. The smallest absolute Gasteiger partial charge is 0.317 e. The first kappa shape index (κ1) is 13.9. The summed E-state index contributed by atoms with van der Waals surface area (Å²) in [6, 6.07) is 9.85. The molecule has 1 aliphatic rings. The van der Waals surface area contributed by atoms with E-state index in [2.05, 4.69) is 16.8 Å². The monoisotopic (exact) mass is 302 g/mol. The van der Waals surface area contributed by atoms with Crippen molar-refractivity contribution < 1.29 is 9.53 Å². The highest BCUT2D eigenvalue weighted by Gasteiger charge is 2.20. The Balaban J connectivity index is 1.57. The van der Waals surface area contributed by atoms with Gasteiger partial charge in [-0.15, -0.1) is 11.3 Å². The molecule has 2 aromatic rings. The Hall–Kier alpha value is -2.01. The number of thiophene rings is 1. The van der Waals surface area contributed by atoms with E-state index in [-0.39, 0.29) is 6.03 Å². The quantitative estimate of drug-likeness (QED) is 0.947. The summed E-state index contributed by atoms with van der Waals surface area (Å²) < 4.78 is 5.19. The fourth-order valence-corrected chi connectivity index (χ4v) is 3.38. The Morgan fingerprint density at radius 2 is 2.33 bits per heavy atom. The van der Waals surface area contributed by atoms with E-state index in [0.717, 1.165) is 24.3 Å². The molecule has 0 unspecified atom stereocenters. The number of fused-ring (bicyclic) bond motifs is 1. The lowest BCUT2D eigenvalue weighted by Gasteiger charge is -2.27. The third kappa shape index (κ3) is 3.19. The number of nitrogens with one attached hydrogen (secondary N) is 1. The van der Waals surface area contributed by atoms with Crippen LogP contribution in [-0.2, 0) is 19.5 Å². The van der Waals surface area contributed by atoms with Crippen molar-refractivity contribution in [2.75, 3.05) is 13.7 Å². The molecule has 1 aromatic carbocycles. The summed E-state index contributed by atoms with van der Waals surface area (Å²) in [4.78, 5) is 15.5. The Morgan fingerprint density at radius 1 is 1.43 bits per heavy atom. The number of carbonyl (C=O) groups is 1. The second kappa shape index (κ2) is 6.18. The summed E-state index contributed by atoms with van der Waals surface area (Å²) in [5, 5.41) is 5.08. The van der Waals surface area contributed by atoms with Crippen LogP contribution in [0.5, 0.6) is 5.75 Å². The highest BCUT2D eigenvalue weighted by atomic mass is 32.1. The van der Waals surface area contributed by atoms with Crippen molar-refractivity contribution in [2.24, 2.45) is 0 Å². The molecular formula is C16H18N2O2S. The number of nitrogens with zero attached hydrogens (tertiary/aromatic N) is 1. The summed E-state index contributed by atoms with van der Waals surface area (Å²) in [5.41, 5.74) is 2.32. The summed E-state index contributed by atoms with van der Waals surface area (Å²) in [6.45, 7) is 2.02. The molecule has 110 valence electrons. The van der Waals surface area contributed by atoms with Crippen LogP contribution in [0.4, 0.5) is 4.79 Å². The Bertz CT molecular complexity index is 639. The van der Waals surface area contributed by atoms with E-state index in [1.54, 1.807) is 18.4 Å². The molecule has 5 heteroatoms. The van der Waals surface area contributed by atoms with Crippen LogP contribution in [0, 0.1) is 0 Å². The van der Waals surface area contributed by atoms with Crippen molar-refractivity contribution in [3.8, 4) is 5.75 Å². The molecule has 3 rings (SSSR count). The topological polar surface area (TPSA) is 41.6 Å². The molecule has 0 spiro atoms. The van der Waals surface area contributed by atoms with Crippen LogP contribution in [-0.4, -0.2) is 24.6 Å². The van der Waals surface area contributed by atoms with Crippen LogP contribution in [0.25, 0.3) is 0 Å². The number of hydrogen-bond acceptors (Lipinski definition) is 3. The molecule has 0 saturated carbocycles. The summed E-state index contributed by atoms with van der Waals surface area (Å²) in [5.74, 6) is 0.808. The van der Waals surface area contributed by atoms with Crippen LogP contribution in [0.2, 0.25) is 0 Å². The average Bonchev–Trinajstić information content (AvgIpc) is 3.00. The fraction of sp³-hybridized carbons (Fsp3) is 0.312. The third-order valence-corrected chi connectivity index (χ3v) is 4.70. The van der Waals surface area contributed by atoms with Crippen LogP contribution in [0.15, 0.2) is 35.7 Å². The molecule has 0 atom stereocenters. The molecule has 21 heavy (non-hydrogen) atoms. The van der Waals surface area contributed by atoms with Crippen LogP contribution in [0.3, 0.4) is 0 Å². The molecular weight excluding hydrogens is 284 g/mol. The second-order valence-corrected chi connectivity index (χ2v) is 6.05. The third-order valence-electron chi connectivity index (χ3n) is 3.67. The number of urea groups is 1. The van der Waals surface area contributed by atoms with E-state index in [0.29, 0.717) is 13.1 Å². The van der Waals surface area contributed by atoms with E-state index in [9.17, 15) is 4.79 Å². The van der Waals surface area contributed by atoms with Crippen molar-refractivity contribution in [3.63, 3.8) is 0 Å². The lowest BCUT2D eigenvalue weighted by atomic mass is 10.1. The second-order valence-electron chi connectivity index (χ2n) is 5.05. The van der Waals surface area contributed by atoms with Gasteiger partial charge in [-0.1, -0.05) is 12.1 Å². The van der Waals surface area contributed by atoms with Gasteiger partial charge in [-0.3, -0.25) is 0 Å². The molecule has 0 aliphatic carbocycles. The maximum Gasteiger partial charge on any atom is 0.317 e. The molecule has 1 aliphatic heterocycles. The van der Waals surface area contributed by atoms with Crippen LogP contribution in [0.1, 0.15) is 16.0 Å². The minimum absolute atomic E-state index is 0.00494. The zero-order valence-electron chi connectivity index (χ0n) is 12.0. The molecule has 0 radical (unpaired) electrons. The van der Waals surface area contributed by atoms with Gasteiger partial charge in [0.05, 0.1) is 7.11 Å². The van der Waals surface area contributed by atoms with Crippen LogP contribution < -0.4 is 10.1 Å². The highest BCUT2D eigenvalue weighted by molar-refractivity contribution is 7.10. The number of benzene rings is 1. The number of amides is 2. The molecule has 2 heterocycles. The lowest BCUT2D eigenvalue weighted by Crippen LogP contribution is -2.42. The van der Waals surface area contributed by atoms with Gasteiger partial charge in [-0.25, -0.2) is 4.79 Å². The van der Waals surface area contributed by atoms with E-state index < -0.39 is 0 Å². The van der Waals surface area contributed by atoms with Gasteiger partial charge in [0.1, 0.15) is 5.75 Å². The zero-order valence-corrected chi connectivity index (χ0v) is 12.8. The van der Waals surface area contributed by atoms with E-state index in [1.807, 2.05) is 29.2 Å². The molecule has 0 bridgehead atoms. The van der Waals surface area contributed by atoms with E-state index >= 15 is 0 Å². The predicted octanol–water partition coefficient (Wildman–Crippen LogP) is 3.02. The van der Waals surface area contributed by atoms with Gasteiger partial charge >= 0.3 is 6.03 Å². The first-order chi connectivity index (χ1) is 10.3. The van der Waals surface area contributed by atoms with Gasteiger partial charge in [0, 0.05) is 24.5 Å². The SMILES string of the molecule is COc1cccc(CNC(=O)N2CCc3sccc3C2)c1. The number of hydrogen-bond donors (Lipinski definition) is 1. The average molecular weight is 302 g/mol. The number of rotatable bonds is 3. The van der Waals surface area contributed by atoms with Gasteiger partial charge < -0.3 is 15.0 Å². The molecule has 2 amide bonds. The highest BCUT2D eigenvalue weighted by Crippen LogP contribution is 2.23. The minimum atomic E-state index is -0.00494. The zero-order chi connectivity index (χ0) is 14.7. The number of carbonyl (C=O) groups excluding carboxylic acids is 1. The Kier molecular flexibility index (Phi) is 4.10. The normalized spacial score (nSPS) is 13.7. The van der Waals surface area contributed by atoms with Gasteiger partial charge in [-0.2, -0.15) is 0 Å². The van der Waals surface area contributed by atoms with Gasteiger partial charge in [-0.05, 0) is 41.1 Å². The van der Waals surface area contributed by atoms with Crippen molar-refractivity contribution in [1.82, 2.24) is 10.2 Å². The molecule has 0 fully saturated rings. The van der Waals surface area contributed by atoms with E-state index in [4.69, 9.17) is 4.74 Å². The first-order valence-corrected chi connectivity index (χ1v) is 7.85. The Labute approximate surface area is 128 Å². The van der Waals surface area contributed by atoms with Crippen molar-refractivity contribution in [2.45, 2.75) is 19.5 Å². The van der Waals surface area contributed by atoms with Crippen LogP contribution >= 0.6 is 11.3 Å². The summed E-state index contributed by atoms with van der Waals surface area (Å²) >= 11 is 1.78. The first-order valence-electron chi connectivity index (χ1n) is 6.97. The molecule has 1 aromatic heterocycles. The van der Waals surface area contributed by atoms with Crippen molar-refractivity contribution >= 4 is 17.4 Å². The minimum Gasteiger partial charge on any atom is -0.497 e. The summed E-state index contributed by atoms with van der Waals surface area (Å²) in [7, 11) is 1.64. The van der Waals surface area contributed by atoms with Gasteiger partial charge in [0.2, 0.25) is 0 Å². The fourth-order valence-electron chi connectivity index (χ4n) is 2.49. The van der Waals surface area contributed by atoms with Crippen molar-refractivity contribution in [3.05, 3.63) is 51.7 Å². The maximum absolute atomic E-state index is 12.2. The van der Waals surface area contributed by atoms with E-state index in [1.165, 1.54) is 10.4 Å². The van der Waals surface area contributed by atoms with Gasteiger partial charge in [0.25, 0.3) is 0 Å². The molecule has 4 nitrogen and oxygen atoms in total. The standard InChI is InChI=1S/C16H18N2O2S/c1-20-14-4-2-3-12(9-14)10-17-16(19)18-7-5-15-13(11-18)6-8-21-15/h2-4,6,8-9H,5,7,10-11H2,1H3,(H,17,19). The van der Waals surface area contributed by atoms with Gasteiger partial charge in [0.15, 0.2) is 0 Å². The number of ether oxygens (including phenoxy) is 1. The van der Waals surface area contributed by atoms with Crippen molar-refractivity contribution in [1.29, 1.82) is 0 Å². The summed E-state index contributed by atoms with van der Waals surface area (Å²) in [6.07, 6.45) is 0.958.